The summed E-state index contributed by atoms with van der Waals surface area (Å²) in [5, 5.41) is 9.29. The van der Waals surface area contributed by atoms with E-state index in [-0.39, 0.29) is 18.4 Å². The van der Waals surface area contributed by atoms with E-state index in [1.165, 1.54) is 0 Å². The Bertz CT molecular complexity index is 803. The highest BCUT2D eigenvalue weighted by Crippen LogP contribution is 2.25. The van der Waals surface area contributed by atoms with Gasteiger partial charge in [-0.25, -0.2) is 0 Å². The van der Waals surface area contributed by atoms with Crippen LogP contribution in [0.2, 0.25) is 0 Å². The lowest BCUT2D eigenvalue weighted by Crippen LogP contribution is -2.45. The van der Waals surface area contributed by atoms with E-state index in [2.05, 4.69) is 11.1 Å². The smallest absolute Gasteiger partial charge is 0.308 e. The minimum absolute atomic E-state index is 0.153. The molecule has 25 heavy (non-hydrogen) atoms. The van der Waals surface area contributed by atoms with Gasteiger partial charge < -0.3 is 10.0 Å². The van der Waals surface area contributed by atoms with E-state index < -0.39 is 11.9 Å². The molecule has 1 saturated heterocycles. The van der Waals surface area contributed by atoms with Gasteiger partial charge in [0.15, 0.2) is 0 Å². The number of likely N-dealkylation sites (tertiary alicyclic amines) is 1. The first-order valence-corrected chi connectivity index (χ1v) is 8.48. The number of pyridine rings is 1. The number of hydrogen-bond acceptors (Lipinski definition) is 3. The zero-order valence-corrected chi connectivity index (χ0v) is 14.5. The number of rotatable bonds is 3. The van der Waals surface area contributed by atoms with E-state index in [1.807, 2.05) is 38.1 Å². The van der Waals surface area contributed by atoms with Crippen molar-refractivity contribution in [2.24, 2.45) is 11.8 Å². The quantitative estimate of drug-likeness (QED) is 0.933. The topological polar surface area (TPSA) is 70.5 Å². The zero-order chi connectivity index (χ0) is 18.0. The second kappa shape index (κ2) is 7.05. The molecular weight excluding hydrogens is 316 g/mol. The van der Waals surface area contributed by atoms with Crippen molar-refractivity contribution in [3.05, 3.63) is 53.9 Å². The molecule has 2 unspecified atom stereocenters. The Morgan fingerprint density at radius 1 is 1.16 bits per heavy atom. The first kappa shape index (κ1) is 17.1. The monoisotopic (exact) mass is 338 g/mol. The van der Waals surface area contributed by atoms with E-state index in [0.29, 0.717) is 18.5 Å². The number of benzene rings is 1. The largest absolute Gasteiger partial charge is 0.481 e. The summed E-state index contributed by atoms with van der Waals surface area (Å²) in [6, 6.07) is 9.87. The summed E-state index contributed by atoms with van der Waals surface area (Å²) in [6.45, 7) is 4.84. The van der Waals surface area contributed by atoms with E-state index in [0.717, 1.165) is 16.7 Å². The predicted molar refractivity (Wildman–Crippen MR) is 95.2 cm³/mol. The van der Waals surface area contributed by atoms with Gasteiger partial charge in [-0.3, -0.25) is 14.6 Å². The number of aromatic nitrogens is 1. The molecule has 0 aliphatic carbocycles. The van der Waals surface area contributed by atoms with Gasteiger partial charge in [0.25, 0.3) is 5.91 Å². The van der Waals surface area contributed by atoms with Gasteiger partial charge in [0, 0.05) is 31.0 Å². The molecule has 1 aromatic carbocycles. The van der Waals surface area contributed by atoms with Crippen molar-refractivity contribution >= 4 is 11.9 Å². The van der Waals surface area contributed by atoms with Crippen LogP contribution in [0.1, 0.15) is 29.3 Å². The number of carbonyl (C=O) groups excluding carboxylic acids is 1. The Labute approximate surface area is 147 Å². The molecule has 1 N–H and O–H groups in total. The third-order valence-electron chi connectivity index (χ3n) is 4.63. The molecule has 2 heterocycles. The van der Waals surface area contributed by atoms with Gasteiger partial charge in [0.1, 0.15) is 0 Å². The maximum absolute atomic E-state index is 12.9. The molecule has 130 valence electrons. The average molecular weight is 338 g/mol. The number of aliphatic carboxylic acids is 1. The van der Waals surface area contributed by atoms with Crippen molar-refractivity contribution < 1.29 is 14.7 Å². The predicted octanol–water partition coefficient (Wildman–Crippen LogP) is 3.24. The van der Waals surface area contributed by atoms with Gasteiger partial charge in [0.2, 0.25) is 0 Å². The Morgan fingerprint density at radius 2 is 1.96 bits per heavy atom. The van der Waals surface area contributed by atoms with Crippen molar-refractivity contribution in [2.45, 2.75) is 20.3 Å². The van der Waals surface area contributed by atoms with Crippen LogP contribution < -0.4 is 0 Å². The number of amides is 1. The van der Waals surface area contributed by atoms with Crippen molar-refractivity contribution in [1.29, 1.82) is 0 Å². The molecule has 1 fully saturated rings. The van der Waals surface area contributed by atoms with Gasteiger partial charge in [0.05, 0.1) is 11.5 Å². The second-order valence-corrected chi connectivity index (χ2v) is 6.92. The van der Waals surface area contributed by atoms with Gasteiger partial charge in [-0.2, -0.15) is 0 Å². The molecule has 1 aliphatic rings. The third kappa shape index (κ3) is 3.87. The van der Waals surface area contributed by atoms with Crippen LogP contribution in [-0.4, -0.2) is 40.0 Å². The fraction of sp³-hybridized carbons (Fsp3) is 0.350. The highest BCUT2D eigenvalue weighted by molar-refractivity contribution is 5.95. The molecule has 2 aromatic rings. The molecule has 2 atom stereocenters. The minimum Gasteiger partial charge on any atom is -0.481 e. The molecule has 0 saturated carbocycles. The van der Waals surface area contributed by atoms with Crippen LogP contribution in [0.15, 0.2) is 42.7 Å². The molecule has 0 spiro atoms. The fourth-order valence-electron chi connectivity index (χ4n) is 3.42. The number of carboxylic acids is 1. The lowest BCUT2D eigenvalue weighted by molar-refractivity contribution is -0.143. The lowest BCUT2D eigenvalue weighted by Gasteiger charge is -2.34. The van der Waals surface area contributed by atoms with Crippen molar-refractivity contribution in [3.63, 3.8) is 0 Å². The lowest BCUT2D eigenvalue weighted by atomic mass is 9.90. The highest BCUT2D eigenvalue weighted by atomic mass is 16.4. The number of nitrogens with zero attached hydrogens (tertiary/aromatic N) is 2. The summed E-state index contributed by atoms with van der Waals surface area (Å²) < 4.78 is 0. The zero-order valence-electron chi connectivity index (χ0n) is 14.5. The summed E-state index contributed by atoms with van der Waals surface area (Å²) in [5.41, 5.74) is 3.53. The maximum atomic E-state index is 12.9. The van der Waals surface area contributed by atoms with E-state index in [1.54, 1.807) is 17.3 Å². The first-order chi connectivity index (χ1) is 11.9. The van der Waals surface area contributed by atoms with Gasteiger partial charge in [-0.15, -0.1) is 0 Å². The maximum Gasteiger partial charge on any atom is 0.308 e. The summed E-state index contributed by atoms with van der Waals surface area (Å²) in [7, 11) is 0. The third-order valence-corrected chi connectivity index (χ3v) is 4.63. The Hall–Kier alpha value is -2.69. The van der Waals surface area contributed by atoms with Gasteiger partial charge in [-0.1, -0.05) is 36.8 Å². The Morgan fingerprint density at radius 3 is 2.68 bits per heavy atom. The average Bonchev–Trinajstić information content (AvgIpc) is 2.60. The van der Waals surface area contributed by atoms with Gasteiger partial charge >= 0.3 is 5.97 Å². The molecule has 5 heteroatoms. The molecule has 1 aromatic heterocycles. The molecule has 0 radical (unpaired) electrons. The molecule has 1 aliphatic heterocycles. The van der Waals surface area contributed by atoms with E-state index in [4.69, 9.17) is 0 Å². The summed E-state index contributed by atoms with van der Waals surface area (Å²) in [4.78, 5) is 30.0. The van der Waals surface area contributed by atoms with Crippen molar-refractivity contribution in [3.8, 4) is 11.1 Å². The number of hydrogen-bond donors (Lipinski definition) is 1. The number of carboxylic acid groups (broad SMARTS) is 1. The standard InChI is InChI=1S/C20H22N2O3/c1-13-4-3-5-15(6-13)16-8-17(10-21-9-16)19(23)22-11-14(2)7-18(12-22)20(24)25/h3-6,8-10,14,18H,7,11-12H2,1-2H3,(H,24,25). The molecule has 1 amide bonds. The normalized spacial score (nSPS) is 20.3. The van der Waals surface area contributed by atoms with Crippen LogP contribution in [0.4, 0.5) is 0 Å². The summed E-state index contributed by atoms with van der Waals surface area (Å²) in [6.07, 6.45) is 3.90. The summed E-state index contributed by atoms with van der Waals surface area (Å²) >= 11 is 0. The molecule has 3 rings (SSSR count). The fourth-order valence-corrected chi connectivity index (χ4v) is 3.42. The molecular formula is C20H22N2O3. The van der Waals surface area contributed by atoms with Crippen molar-refractivity contribution in [1.82, 2.24) is 9.88 Å². The Kier molecular flexibility index (Phi) is 4.83. The SMILES string of the molecule is Cc1cccc(-c2cncc(C(=O)N3CC(C)CC(C(=O)O)C3)c2)c1. The van der Waals surface area contributed by atoms with Crippen LogP contribution in [0.3, 0.4) is 0 Å². The van der Waals surface area contributed by atoms with Crippen molar-refractivity contribution in [2.75, 3.05) is 13.1 Å². The molecule has 0 bridgehead atoms. The van der Waals surface area contributed by atoms with Crippen LogP contribution in [-0.2, 0) is 4.79 Å². The van der Waals surface area contributed by atoms with E-state index >= 15 is 0 Å². The van der Waals surface area contributed by atoms with Crippen LogP contribution in [0.25, 0.3) is 11.1 Å². The number of aryl methyl sites for hydroxylation is 1. The van der Waals surface area contributed by atoms with Crippen LogP contribution >= 0.6 is 0 Å². The molecule has 5 nitrogen and oxygen atoms in total. The number of piperidine rings is 1. The van der Waals surface area contributed by atoms with Gasteiger partial charge in [-0.05, 0) is 30.9 Å². The summed E-state index contributed by atoms with van der Waals surface area (Å²) in [5.74, 6) is -1.32. The highest BCUT2D eigenvalue weighted by Gasteiger charge is 2.32. The van der Waals surface area contributed by atoms with Crippen LogP contribution in [0, 0.1) is 18.8 Å². The second-order valence-electron chi connectivity index (χ2n) is 6.92. The van der Waals surface area contributed by atoms with E-state index in [9.17, 15) is 14.7 Å². The minimum atomic E-state index is -0.837. The van der Waals surface area contributed by atoms with Crippen LogP contribution in [0.5, 0.6) is 0 Å². The Balaban J connectivity index is 1.85. The first-order valence-electron chi connectivity index (χ1n) is 8.48. The number of carbonyl (C=O) groups is 2.